The van der Waals surface area contributed by atoms with Crippen LogP contribution in [0.2, 0.25) is 0 Å². The zero-order chi connectivity index (χ0) is 13.9. The van der Waals surface area contributed by atoms with Gasteiger partial charge in [-0.15, -0.1) is 0 Å². The van der Waals surface area contributed by atoms with E-state index < -0.39 is 0 Å². The van der Waals surface area contributed by atoms with Gasteiger partial charge in [-0.3, -0.25) is 4.90 Å². The Morgan fingerprint density at radius 1 is 1.21 bits per heavy atom. The summed E-state index contributed by atoms with van der Waals surface area (Å²) in [5.74, 6) is 0.852. The van der Waals surface area contributed by atoms with Gasteiger partial charge < -0.3 is 10.5 Å². The zero-order valence-electron chi connectivity index (χ0n) is 13.0. The fourth-order valence-corrected chi connectivity index (χ4v) is 4.05. The average Bonchev–Trinajstić information content (AvgIpc) is 2.64. The maximum absolute atomic E-state index is 5.90. The lowest BCUT2D eigenvalue weighted by Gasteiger charge is -2.38. The number of ether oxygens (including phenoxy) is 1. The van der Waals surface area contributed by atoms with Crippen molar-refractivity contribution in [3.8, 4) is 0 Å². The van der Waals surface area contributed by atoms with Crippen LogP contribution in [0.4, 0.5) is 0 Å². The van der Waals surface area contributed by atoms with Crippen LogP contribution in [-0.2, 0) is 4.74 Å². The van der Waals surface area contributed by atoms with E-state index in [1.165, 1.54) is 38.8 Å². The number of rotatable bonds is 5. The van der Waals surface area contributed by atoms with Gasteiger partial charge in [0.2, 0.25) is 0 Å². The molecule has 2 atom stereocenters. The second-order valence-corrected chi connectivity index (χ2v) is 7.37. The van der Waals surface area contributed by atoms with Crippen LogP contribution < -0.4 is 5.73 Å². The summed E-state index contributed by atoms with van der Waals surface area (Å²) < 4.78 is 5.90. The van der Waals surface area contributed by atoms with Gasteiger partial charge in [0.1, 0.15) is 0 Å². The summed E-state index contributed by atoms with van der Waals surface area (Å²) in [6.07, 6.45) is 6.63. The second-order valence-electron chi connectivity index (χ2n) is 7.37. The number of nitrogens with two attached hydrogens (primary N) is 1. The molecule has 0 spiro atoms. The number of piperidine rings is 1. The normalized spacial score (nSPS) is 32.8. The van der Waals surface area contributed by atoms with Gasteiger partial charge in [-0.05, 0) is 50.0 Å². The molecule has 1 saturated heterocycles. The van der Waals surface area contributed by atoms with Crippen LogP contribution >= 0.6 is 0 Å². The number of hydrogen-bond donors (Lipinski definition) is 1. The fraction of sp³-hybridized carbons (Fsp3) is 1.00. The Labute approximate surface area is 118 Å². The van der Waals surface area contributed by atoms with Crippen LogP contribution in [-0.4, -0.2) is 43.3 Å². The van der Waals surface area contributed by atoms with Crippen molar-refractivity contribution in [3.05, 3.63) is 0 Å². The molecule has 0 aromatic rings. The van der Waals surface area contributed by atoms with Gasteiger partial charge in [0.05, 0.1) is 6.10 Å². The Bertz CT molecular complexity index is 272. The Morgan fingerprint density at radius 3 is 2.42 bits per heavy atom. The Kier molecular flexibility index (Phi) is 5.27. The van der Waals surface area contributed by atoms with Crippen molar-refractivity contribution in [3.63, 3.8) is 0 Å². The molecule has 2 unspecified atom stereocenters. The lowest BCUT2D eigenvalue weighted by molar-refractivity contribution is -0.00612. The van der Waals surface area contributed by atoms with Gasteiger partial charge in [0.15, 0.2) is 0 Å². The van der Waals surface area contributed by atoms with Crippen LogP contribution in [0.15, 0.2) is 0 Å². The van der Waals surface area contributed by atoms with Gasteiger partial charge in [-0.1, -0.05) is 20.8 Å². The lowest BCUT2D eigenvalue weighted by atomic mass is 9.91. The average molecular weight is 268 g/mol. The van der Waals surface area contributed by atoms with Crippen molar-refractivity contribution < 1.29 is 4.74 Å². The van der Waals surface area contributed by atoms with Crippen molar-refractivity contribution in [1.29, 1.82) is 0 Å². The first-order chi connectivity index (χ1) is 9.02. The van der Waals surface area contributed by atoms with Crippen molar-refractivity contribution in [1.82, 2.24) is 4.90 Å². The molecule has 0 aromatic carbocycles. The van der Waals surface area contributed by atoms with Gasteiger partial charge in [0.25, 0.3) is 0 Å². The first kappa shape index (κ1) is 15.3. The fourth-order valence-electron chi connectivity index (χ4n) is 4.05. The number of hydrogen-bond acceptors (Lipinski definition) is 3. The monoisotopic (exact) mass is 268 g/mol. The molecule has 0 aromatic heterocycles. The highest BCUT2D eigenvalue weighted by atomic mass is 16.5. The molecular formula is C16H32N2O. The summed E-state index contributed by atoms with van der Waals surface area (Å²) in [5.41, 5.74) is 6.04. The van der Waals surface area contributed by atoms with Gasteiger partial charge >= 0.3 is 0 Å². The standard InChI is InChI=1S/C16H32N2O/c1-13-11-16(2,3)12-15(13)18-8-5-14(6-9-18)19-10-4-7-17/h13-15H,4-12,17H2,1-3H3. The van der Waals surface area contributed by atoms with Gasteiger partial charge in [-0.2, -0.15) is 0 Å². The van der Waals surface area contributed by atoms with E-state index in [9.17, 15) is 0 Å². The molecule has 1 saturated carbocycles. The molecule has 1 aliphatic heterocycles. The van der Waals surface area contributed by atoms with Gasteiger partial charge in [-0.25, -0.2) is 0 Å². The molecule has 1 aliphatic carbocycles. The molecule has 112 valence electrons. The molecular weight excluding hydrogens is 236 g/mol. The highest BCUT2D eigenvalue weighted by Gasteiger charge is 2.40. The van der Waals surface area contributed by atoms with Crippen molar-refractivity contribution in [2.75, 3.05) is 26.2 Å². The largest absolute Gasteiger partial charge is 0.378 e. The summed E-state index contributed by atoms with van der Waals surface area (Å²) in [6.45, 7) is 11.3. The molecule has 3 nitrogen and oxygen atoms in total. The zero-order valence-corrected chi connectivity index (χ0v) is 13.0. The third-order valence-corrected chi connectivity index (χ3v) is 4.94. The van der Waals surface area contributed by atoms with Crippen LogP contribution in [0.5, 0.6) is 0 Å². The van der Waals surface area contributed by atoms with E-state index in [-0.39, 0.29) is 0 Å². The summed E-state index contributed by atoms with van der Waals surface area (Å²) in [6, 6.07) is 0.806. The maximum Gasteiger partial charge on any atom is 0.0599 e. The minimum atomic E-state index is 0.479. The van der Waals surface area contributed by atoms with Crippen molar-refractivity contribution in [2.45, 2.75) is 65.0 Å². The Balaban J connectivity index is 1.74. The molecule has 3 heteroatoms. The van der Waals surface area contributed by atoms with E-state index in [1.807, 2.05) is 0 Å². The summed E-state index contributed by atoms with van der Waals surface area (Å²) >= 11 is 0. The summed E-state index contributed by atoms with van der Waals surface area (Å²) in [7, 11) is 0. The predicted octanol–water partition coefficient (Wildman–Crippen LogP) is 2.64. The third-order valence-electron chi connectivity index (χ3n) is 4.94. The number of likely N-dealkylation sites (tertiary alicyclic amines) is 1. The molecule has 2 rings (SSSR count). The molecule has 2 N–H and O–H groups in total. The summed E-state index contributed by atoms with van der Waals surface area (Å²) in [5, 5.41) is 0. The van der Waals surface area contributed by atoms with Gasteiger partial charge in [0, 0.05) is 25.7 Å². The molecule has 0 amide bonds. The van der Waals surface area contributed by atoms with E-state index in [1.54, 1.807) is 0 Å². The van der Waals surface area contributed by atoms with Crippen LogP contribution in [0.1, 0.15) is 52.9 Å². The van der Waals surface area contributed by atoms with E-state index in [0.717, 1.165) is 31.5 Å². The lowest BCUT2D eigenvalue weighted by Crippen LogP contribution is -2.44. The van der Waals surface area contributed by atoms with E-state index in [4.69, 9.17) is 10.5 Å². The second kappa shape index (κ2) is 6.55. The first-order valence-electron chi connectivity index (χ1n) is 8.07. The highest BCUT2D eigenvalue weighted by Crippen LogP contribution is 2.43. The molecule has 1 heterocycles. The molecule has 2 fully saturated rings. The minimum absolute atomic E-state index is 0.479. The van der Waals surface area contributed by atoms with Crippen LogP contribution in [0, 0.1) is 11.3 Å². The molecule has 0 bridgehead atoms. The third kappa shape index (κ3) is 4.17. The smallest absolute Gasteiger partial charge is 0.0599 e. The molecule has 19 heavy (non-hydrogen) atoms. The quantitative estimate of drug-likeness (QED) is 0.779. The first-order valence-corrected chi connectivity index (χ1v) is 8.07. The highest BCUT2D eigenvalue weighted by molar-refractivity contribution is 4.93. The van der Waals surface area contributed by atoms with E-state index in [2.05, 4.69) is 25.7 Å². The Hall–Kier alpha value is -0.120. The minimum Gasteiger partial charge on any atom is -0.378 e. The predicted molar refractivity (Wildman–Crippen MR) is 80.2 cm³/mol. The number of nitrogens with zero attached hydrogens (tertiary/aromatic N) is 1. The van der Waals surface area contributed by atoms with Crippen LogP contribution in [0.3, 0.4) is 0 Å². The molecule has 2 aliphatic rings. The topological polar surface area (TPSA) is 38.5 Å². The van der Waals surface area contributed by atoms with Crippen molar-refractivity contribution >= 4 is 0 Å². The van der Waals surface area contributed by atoms with Crippen molar-refractivity contribution in [2.24, 2.45) is 17.1 Å². The van der Waals surface area contributed by atoms with E-state index >= 15 is 0 Å². The SMILES string of the molecule is CC1CC(C)(C)CC1N1CCC(OCCCN)CC1. The maximum atomic E-state index is 5.90. The summed E-state index contributed by atoms with van der Waals surface area (Å²) in [4.78, 5) is 2.72. The van der Waals surface area contributed by atoms with Crippen LogP contribution in [0.25, 0.3) is 0 Å². The Morgan fingerprint density at radius 2 is 1.89 bits per heavy atom. The molecule has 0 radical (unpaired) electrons. The van der Waals surface area contributed by atoms with E-state index in [0.29, 0.717) is 11.5 Å².